The topological polar surface area (TPSA) is 45.9 Å². The Kier molecular flexibility index (Phi) is 5.29. The van der Waals surface area contributed by atoms with Crippen LogP contribution >= 0.6 is 11.6 Å². The Morgan fingerprint density at radius 1 is 1.08 bits per heavy atom. The van der Waals surface area contributed by atoms with E-state index in [1.165, 1.54) is 0 Å². The number of carbonyl (C=O) groups excluding carboxylic acids is 1. The lowest BCUT2D eigenvalue weighted by molar-refractivity contribution is -0.00163. The van der Waals surface area contributed by atoms with E-state index in [0.717, 1.165) is 57.8 Å². The Morgan fingerprint density at radius 2 is 1.88 bits per heavy atom. The first-order valence-electron chi connectivity index (χ1n) is 9.18. The van der Waals surface area contributed by atoms with E-state index in [1.807, 2.05) is 35.2 Å². The van der Waals surface area contributed by atoms with E-state index >= 15 is 0 Å². The third-order valence-corrected chi connectivity index (χ3v) is 5.53. The minimum Gasteiger partial charge on any atom is -0.451 e. The number of ether oxygens (including phenoxy) is 1. The standard InChI is InChI=1S/C20H23ClN2O3/c21-17-6-2-1-5-16(17)18-7-8-19(26-18)20(24)23-9-3-4-15(14-23)22-10-12-25-13-11-22/h1-2,5-8,15H,3-4,9-14H2/t15-/m0/s1. The van der Waals surface area contributed by atoms with Gasteiger partial charge in [-0.2, -0.15) is 0 Å². The van der Waals surface area contributed by atoms with Crippen molar-refractivity contribution < 1.29 is 13.9 Å². The van der Waals surface area contributed by atoms with E-state index in [-0.39, 0.29) is 5.91 Å². The normalized spacial score (nSPS) is 21.7. The zero-order chi connectivity index (χ0) is 17.9. The first-order valence-corrected chi connectivity index (χ1v) is 9.56. The molecule has 2 aromatic rings. The molecule has 1 atom stereocenters. The van der Waals surface area contributed by atoms with Crippen molar-refractivity contribution in [2.75, 3.05) is 39.4 Å². The summed E-state index contributed by atoms with van der Waals surface area (Å²) in [7, 11) is 0. The molecule has 0 N–H and O–H groups in total. The van der Waals surface area contributed by atoms with Gasteiger partial charge < -0.3 is 14.1 Å². The molecule has 0 bridgehead atoms. The Balaban J connectivity index is 1.46. The summed E-state index contributed by atoms with van der Waals surface area (Å²) in [6, 6.07) is 11.5. The molecule has 0 unspecified atom stereocenters. The molecule has 3 heterocycles. The molecule has 0 aliphatic carbocycles. The molecule has 2 aliphatic rings. The number of hydrogen-bond acceptors (Lipinski definition) is 4. The Bertz CT molecular complexity index is 770. The molecule has 138 valence electrons. The number of morpholine rings is 1. The van der Waals surface area contributed by atoms with Gasteiger partial charge in [0.15, 0.2) is 5.76 Å². The third kappa shape index (κ3) is 3.65. The van der Waals surface area contributed by atoms with E-state index in [1.54, 1.807) is 6.07 Å². The van der Waals surface area contributed by atoms with Crippen LogP contribution in [0.4, 0.5) is 0 Å². The van der Waals surface area contributed by atoms with Crippen LogP contribution in [0.3, 0.4) is 0 Å². The molecular formula is C20H23ClN2O3. The van der Waals surface area contributed by atoms with Crippen LogP contribution in [0.2, 0.25) is 5.02 Å². The summed E-state index contributed by atoms with van der Waals surface area (Å²) >= 11 is 6.23. The van der Waals surface area contributed by atoms with Gasteiger partial charge in [-0.1, -0.05) is 23.7 Å². The van der Waals surface area contributed by atoms with Gasteiger partial charge in [0, 0.05) is 37.8 Å². The van der Waals surface area contributed by atoms with Gasteiger partial charge in [-0.3, -0.25) is 9.69 Å². The number of carbonyl (C=O) groups is 1. The molecule has 1 amide bonds. The van der Waals surface area contributed by atoms with Crippen molar-refractivity contribution >= 4 is 17.5 Å². The molecule has 0 saturated carbocycles. The fraction of sp³-hybridized carbons (Fsp3) is 0.450. The van der Waals surface area contributed by atoms with E-state index in [0.29, 0.717) is 22.6 Å². The number of rotatable bonds is 3. The highest BCUT2D eigenvalue weighted by molar-refractivity contribution is 6.33. The van der Waals surface area contributed by atoms with Crippen LogP contribution in [0.25, 0.3) is 11.3 Å². The number of benzene rings is 1. The predicted octanol–water partition coefficient (Wildman–Crippen LogP) is 3.54. The van der Waals surface area contributed by atoms with Crippen LogP contribution in [0, 0.1) is 0 Å². The summed E-state index contributed by atoms with van der Waals surface area (Å²) in [6.07, 6.45) is 2.15. The van der Waals surface area contributed by atoms with Crippen molar-refractivity contribution in [1.29, 1.82) is 0 Å². The van der Waals surface area contributed by atoms with Crippen molar-refractivity contribution in [3.63, 3.8) is 0 Å². The summed E-state index contributed by atoms with van der Waals surface area (Å²) < 4.78 is 11.3. The second kappa shape index (κ2) is 7.82. The molecule has 6 heteroatoms. The molecule has 4 rings (SSSR count). The highest BCUT2D eigenvalue weighted by atomic mass is 35.5. The van der Waals surface area contributed by atoms with E-state index in [4.69, 9.17) is 20.8 Å². The molecule has 0 radical (unpaired) electrons. The number of halogens is 1. The average Bonchev–Trinajstić information content (AvgIpc) is 3.18. The highest BCUT2D eigenvalue weighted by Crippen LogP contribution is 2.30. The van der Waals surface area contributed by atoms with Crippen molar-refractivity contribution in [3.8, 4) is 11.3 Å². The number of amides is 1. The predicted molar refractivity (Wildman–Crippen MR) is 100 cm³/mol. The Hall–Kier alpha value is -1.82. The van der Waals surface area contributed by atoms with E-state index < -0.39 is 0 Å². The zero-order valence-electron chi connectivity index (χ0n) is 14.7. The molecule has 1 aromatic heterocycles. The van der Waals surface area contributed by atoms with Gasteiger partial charge in [-0.15, -0.1) is 0 Å². The highest BCUT2D eigenvalue weighted by Gasteiger charge is 2.30. The summed E-state index contributed by atoms with van der Waals surface area (Å²) in [5.41, 5.74) is 0.804. The Morgan fingerprint density at radius 3 is 2.69 bits per heavy atom. The third-order valence-electron chi connectivity index (χ3n) is 5.20. The van der Waals surface area contributed by atoms with Crippen LogP contribution in [0.1, 0.15) is 23.4 Å². The lowest BCUT2D eigenvalue weighted by Gasteiger charge is -2.40. The number of likely N-dealkylation sites (tertiary alicyclic amines) is 1. The van der Waals surface area contributed by atoms with Gasteiger partial charge >= 0.3 is 0 Å². The van der Waals surface area contributed by atoms with Gasteiger partial charge in [0.1, 0.15) is 5.76 Å². The molecular weight excluding hydrogens is 352 g/mol. The fourth-order valence-electron chi connectivity index (χ4n) is 3.79. The SMILES string of the molecule is O=C(c1ccc(-c2ccccc2Cl)o1)N1CCC[C@H](N2CCOCC2)C1. The molecule has 5 nitrogen and oxygen atoms in total. The average molecular weight is 375 g/mol. The largest absolute Gasteiger partial charge is 0.451 e. The van der Waals surface area contributed by atoms with Gasteiger partial charge in [0.2, 0.25) is 0 Å². The monoisotopic (exact) mass is 374 g/mol. The molecule has 26 heavy (non-hydrogen) atoms. The maximum Gasteiger partial charge on any atom is 0.289 e. The second-order valence-electron chi connectivity index (χ2n) is 6.84. The van der Waals surface area contributed by atoms with Gasteiger partial charge in [0.05, 0.1) is 18.2 Å². The van der Waals surface area contributed by atoms with Gasteiger partial charge in [-0.25, -0.2) is 0 Å². The molecule has 0 spiro atoms. The van der Waals surface area contributed by atoms with E-state index in [9.17, 15) is 4.79 Å². The van der Waals surface area contributed by atoms with Crippen molar-refractivity contribution in [2.45, 2.75) is 18.9 Å². The minimum absolute atomic E-state index is 0.0405. The molecule has 2 saturated heterocycles. The number of piperidine rings is 1. The molecule has 1 aromatic carbocycles. The maximum atomic E-state index is 12.9. The first-order chi connectivity index (χ1) is 12.7. The first kappa shape index (κ1) is 17.6. The molecule has 2 fully saturated rings. The maximum absolute atomic E-state index is 12.9. The summed E-state index contributed by atoms with van der Waals surface area (Å²) in [5, 5.41) is 0.617. The van der Waals surface area contributed by atoms with Crippen LogP contribution in [0.5, 0.6) is 0 Å². The quantitative estimate of drug-likeness (QED) is 0.824. The van der Waals surface area contributed by atoms with Crippen molar-refractivity contribution in [3.05, 3.63) is 47.2 Å². The van der Waals surface area contributed by atoms with Gasteiger partial charge in [0.25, 0.3) is 5.91 Å². The number of nitrogens with zero attached hydrogens (tertiary/aromatic N) is 2. The smallest absolute Gasteiger partial charge is 0.289 e. The van der Waals surface area contributed by atoms with Crippen LogP contribution in [-0.4, -0.2) is 61.1 Å². The van der Waals surface area contributed by atoms with Crippen molar-refractivity contribution in [2.24, 2.45) is 0 Å². The molecule has 2 aliphatic heterocycles. The summed E-state index contributed by atoms with van der Waals surface area (Å²) in [5.74, 6) is 0.962. The number of hydrogen-bond donors (Lipinski definition) is 0. The number of furan rings is 1. The second-order valence-corrected chi connectivity index (χ2v) is 7.25. The lowest BCUT2D eigenvalue weighted by Crippen LogP contribution is -2.52. The fourth-order valence-corrected chi connectivity index (χ4v) is 4.02. The van der Waals surface area contributed by atoms with Crippen LogP contribution in [-0.2, 0) is 4.74 Å². The summed E-state index contributed by atoms with van der Waals surface area (Å²) in [6.45, 7) is 4.99. The van der Waals surface area contributed by atoms with Crippen molar-refractivity contribution in [1.82, 2.24) is 9.80 Å². The van der Waals surface area contributed by atoms with Crippen LogP contribution in [0.15, 0.2) is 40.8 Å². The minimum atomic E-state index is -0.0405. The zero-order valence-corrected chi connectivity index (χ0v) is 15.5. The lowest BCUT2D eigenvalue weighted by atomic mass is 10.0. The summed E-state index contributed by atoms with van der Waals surface area (Å²) in [4.78, 5) is 17.3. The van der Waals surface area contributed by atoms with Crippen LogP contribution < -0.4 is 0 Å². The Labute approximate surface area is 158 Å². The van der Waals surface area contributed by atoms with E-state index in [2.05, 4.69) is 4.90 Å². The van der Waals surface area contributed by atoms with Gasteiger partial charge in [-0.05, 0) is 37.1 Å².